The van der Waals surface area contributed by atoms with Crippen molar-refractivity contribution >= 4 is 5.78 Å². The largest absolute Gasteiger partial charge is 0.497 e. The van der Waals surface area contributed by atoms with E-state index in [0.717, 1.165) is 37.9 Å². The predicted octanol–water partition coefficient (Wildman–Crippen LogP) is 5.28. The van der Waals surface area contributed by atoms with Crippen molar-refractivity contribution in [2.75, 3.05) is 7.11 Å². The van der Waals surface area contributed by atoms with Gasteiger partial charge in [0.1, 0.15) is 5.75 Å². The minimum absolute atomic E-state index is 0.0496. The van der Waals surface area contributed by atoms with E-state index in [2.05, 4.69) is 38.1 Å². The molecule has 7 atom stereocenters. The molecule has 3 nitrogen and oxygen atoms in total. The SMILES string of the molecule is COc1ccc(C2CC3=CC(=O)CC[C@]3(C)C3CC[C@@]4(C)C(CC[C@@H]4O)C23)cc1. The number of rotatable bonds is 2. The van der Waals surface area contributed by atoms with Crippen LogP contribution in [-0.2, 0) is 4.79 Å². The number of fused-ring (bicyclic) bond motifs is 5. The van der Waals surface area contributed by atoms with Crippen LogP contribution in [0.1, 0.15) is 70.3 Å². The molecule has 4 aliphatic rings. The highest BCUT2D eigenvalue weighted by atomic mass is 16.5. The zero-order chi connectivity index (χ0) is 20.4. The van der Waals surface area contributed by atoms with Crippen LogP contribution in [0.15, 0.2) is 35.9 Å². The molecule has 156 valence electrons. The molecule has 0 saturated heterocycles. The summed E-state index contributed by atoms with van der Waals surface area (Å²) < 4.78 is 5.39. The minimum Gasteiger partial charge on any atom is -0.497 e. The van der Waals surface area contributed by atoms with Gasteiger partial charge in [-0.1, -0.05) is 31.6 Å². The van der Waals surface area contributed by atoms with Crippen molar-refractivity contribution in [1.82, 2.24) is 0 Å². The molecule has 1 aromatic carbocycles. The summed E-state index contributed by atoms with van der Waals surface area (Å²) in [6, 6.07) is 8.60. The van der Waals surface area contributed by atoms with E-state index >= 15 is 0 Å². The fourth-order valence-electron chi connectivity index (χ4n) is 7.73. The Balaban J connectivity index is 1.61. The maximum atomic E-state index is 12.3. The summed E-state index contributed by atoms with van der Waals surface area (Å²) in [6.45, 7) is 4.77. The summed E-state index contributed by atoms with van der Waals surface area (Å²) in [5, 5.41) is 10.9. The zero-order valence-electron chi connectivity index (χ0n) is 18.0. The number of benzene rings is 1. The maximum Gasteiger partial charge on any atom is 0.155 e. The molecule has 0 aromatic heterocycles. The van der Waals surface area contributed by atoms with Crippen LogP contribution in [0.25, 0.3) is 0 Å². The highest BCUT2D eigenvalue weighted by molar-refractivity contribution is 5.91. The van der Waals surface area contributed by atoms with E-state index in [1.807, 2.05) is 6.08 Å². The third kappa shape index (κ3) is 2.76. The topological polar surface area (TPSA) is 46.5 Å². The van der Waals surface area contributed by atoms with Crippen LogP contribution in [0.5, 0.6) is 5.75 Å². The third-order valence-corrected chi connectivity index (χ3v) is 9.51. The third-order valence-electron chi connectivity index (χ3n) is 9.51. The predicted molar refractivity (Wildman–Crippen MR) is 114 cm³/mol. The van der Waals surface area contributed by atoms with E-state index < -0.39 is 0 Å². The molecule has 0 radical (unpaired) electrons. The second-order valence-corrected chi connectivity index (χ2v) is 10.6. The van der Waals surface area contributed by atoms with Crippen molar-refractivity contribution in [2.45, 2.75) is 70.8 Å². The molecular formula is C26H34O3. The molecule has 29 heavy (non-hydrogen) atoms. The van der Waals surface area contributed by atoms with E-state index in [1.54, 1.807) is 7.11 Å². The summed E-state index contributed by atoms with van der Waals surface area (Å²) in [7, 11) is 1.71. The molecule has 3 fully saturated rings. The van der Waals surface area contributed by atoms with Crippen LogP contribution in [0.3, 0.4) is 0 Å². The number of carbonyl (C=O) groups is 1. The highest BCUT2D eigenvalue weighted by Crippen LogP contribution is 2.68. The Morgan fingerprint density at radius 2 is 1.79 bits per heavy atom. The van der Waals surface area contributed by atoms with Gasteiger partial charge in [-0.2, -0.15) is 0 Å². The average Bonchev–Trinajstić information content (AvgIpc) is 3.03. The first-order chi connectivity index (χ1) is 13.9. The number of ether oxygens (including phenoxy) is 1. The van der Waals surface area contributed by atoms with Gasteiger partial charge in [0, 0.05) is 6.42 Å². The lowest BCUT2D eigenvalue weighted by molar-refractivity contribution is -0.118. The van der Waals surface area contributed by atoms with Crippen molar-refractivity contribution in [3.8, 4) is 5.75 Å². The van der Waals surface area contributed by atoms with Crippen LogP contribution in [0, 0.1) is 28.6 Å². The molecule has 1 aromatic rings. The number of aliphatic hydroxyl groups excluding tert-OH is 1. The minimum atomic E-state index is -0.164. The highest BCUT2D eigenvalue weighted by Gasteiger charge is 2.61. The zero-order valence-corrected chi connectivity index (χ0v) is 18.0. The first-order valence-electron chi connectivity index (χ1n) is 11.4. The molecule has 0 amide bonds. The van der Waals surface area contributed by atoms with Gasteiger partial charge in [-0.3, -0.25) is 4.79 Å². The Morgan fingerprint density at radius 1 is 1.03 bits per heavy atom. The van der Waals surface area contributed by atoms with Crippen LogP contribution < -0.4 is 4.74 Å². The van der Waals surface area contributed by atoms with Gasteiger partial charge in [0.2, 0.25) is 0 Å². The Morgan fingerprint density at radius 3 is 2.52 bits per heavy atom. The molecule has 3 heteroatoms. The Hall–Kier alpha value is -1.61. The molecule has 3 saturated carbocycles. The van der Waals surface area contributed by atoms with E-state index in [0.29, 0.717) is 35.9 Å². The second-order valence-electron chi connectivity index (χ2n) is 10.6. The molecule has 0 spiro atoms. The van der Waals surface area contributed by atoms with Gasteiger partial charge < -0.3 is 9.84 Å². The number of hydrogen-bond acceptors (Lipinski definition) is 3. The molecular weight excluding hydrogens is 360 g/mol. The summed E-state index contributed by atoms with van der Waals surface area (Å²) in [5.74, 6) is 3.37. The van der Waals surface area contributed by atoms with Crippen LogP contribution in [0.2, 0.25) is 0 Å². The van der Waals surface area contributed by atoms with Gasteiger partial charge in [0.15, 0.2) is 5.78 Å². The van der Waals surface area contributed by atoms with E-state index in [9.17, 15) is 9.90 Å². The lowest BCUT2D eigenvalue weighted by Crippen LogP contribution is -2.53. The molecule has 0 bridgehead atoms. The number of carbonyl (C=O) groups excluding carboxylic acids is 1. The van der Waals surface area contributed by atoms with Gasteiger partial charge in [0.25, 0.3) is 0 Å². The quantitative estimate of drug-likeness (QED) is 0.742. The summed E-state index contributed by atoms with van der Waals surface area (Å²) in [6.07, 6.45) is 8.88. The monoisotopic (exact) mass is 394 g/mol. The van der Waals surface area contributed by atoms with Gasteiger partial charge in [-0.25, -0.2) is 0 Å². The molecule has 4 aliphatic carbocycles. The lowest BCUT2D eigenvalue weighted by Gasteiger charge is -2.60. The first kappa shape index (κ1) is 19.4. The fraction of sp³-hybridized carbons (Fsp3) is 0.654. The average molecular weight is 395 g/mol. The molecule has 5 rings (SSSR count). The van der Waals surface area contributed by atoms with Crippen molar-refractivity contribution < 1.29 is 14.6 Å². The molecule has 0 heterocycles. The fourth-order valence-corrected chi connectivity index (χ4v) is 7.73. The van der Waals surface area contributed by atoms with Crippen LogP contribution in [-0.4, -0.2) is 24.1 Å². The van der Waals surface area contributed by atoms with E-state index in [-0.39, 0.29) is 16.9 Å². The Labute approximate surface area is 174 Å². The summed E-state index contributed by atoms with van der Waals surface area (Å²) >= 11 is 0. The van der Waals surface area contributed by atoms with Gasteiger partial charge in [-0.05, 0) is 96.8 Å². The summed E-state index contributed by atoms with van der Waals surface area (Å²) in [5.41, 5.74) is 2.95. The Kier molecular flexibility index (Phi) is 4.47. The van der Waals surface area contributed by atoms with E-state index in [1.165, 1.54) is 17.6 Å². The van der Waals surface area contributed by atoms with Gasteiger partial charge in [0.05, 0.1) is 13.2 Å². The van der Waals surface area contributed by atoms with Crippen molar-refractivity contribution in [1.29, 1.82) is 0 Å². The molecule has 4 unspecified atom stereocenters. The van der Waals surface area contributed by atoms with Gasteiger partial charge >= 0.3 is 0 Å². The van der Waals surface area contributed by atoms with Crippen LogP contribution >= 0.6 is 0 Å². The Bertz CT molecular complexity index is 840. The van der Waals surface area contributed by atoms with Crippen molar-refractivity contribution in [3.63, 3.8) is 0 Å². The standard InChI is InChI=1S/C26H34O3/c1-25-12-10-18(27)14-17(25)15-20(16-4-6-19(29-3)7-5-16)24-21-8-9-23(28)26(21,2)13-11-22(24)25/h4-7,14,20-24,28H,8-13,15H2,1-3H3/t20?,21?,22?,23-,24?,25-,26-/m0/s1. The first-order valence-corrected chi connectivity index (χ1v) is 11.4. The molecule has 1 N–H and O–H groups in total. The maximum absolute atomic E-state index is 12.3. The lowest BCUT2D eigenvalue weighted by atomic mass is 9.44. The van der Waals surface area contributed by atoms with Gasteiger partial charge in [-0.15, -0.1) is 0 Å². The van der Waals surface area contributed by atoms with Crippen molar-refractivity contribution in [2.24, 2.45) is 28.6 Å². The van der Waals surface area contributed by atoms with Crippen molar-refractivity contribution in [3.05, 3.63) is 41.5 Å². The van der Waals surface area contributed by atoms with E-state index in [4.69, 9.17) is 4.74 Å². The smallest absolute Gasteiger partial charge is 0.155 e. The molecule has 0 aliphatic heterocycles. The second kappa shape index (κ2) is 6.70. The number of methoxy groups -OCH3 is 1. The number of aliphatic hydroxyl groups is 1. The normalized spacial score (nSPS) is 43.8. The number of allylic oxidation sites excluding steroid dienone is 1. The number of ketones is 1. The summed E-state index contributed by atoms with van der Waals surface area (Å²) in [4.78, 5) is 12.3. The van der Waals surface area contributed by atoms with Crippen LogP contribution in [0.4, 0.5) is 0 Å². The number of hydrogen-bond donors (Lipinski definition) is 1.